The third-order valence-corrected chi connectivity index (χ3v) is 3.57. The molecule has 2 rings (SSSR count). The monoisotopic (exact) mass is 345 g/mol. The maximum atomic E-state index is 12.7. The molecule has 1 N–H and O–H groups in total. The third-order valence-electron chi connectivity index (χ3n) is 3.57. The lowest BCUT2D eigenvalue weighted by Gasteiger charge is -2.21. The van der Waals surface area contributed by atoms with E-state index in [-0.39, 0.29) is 17.9 Å². The number of amides is 1. The Morgan fingerprint density at radius 2 is 1.92 bits per heavy atom. The molecule has 24 heavy (non-hydrogen) atoms. The molecule has 1 amide bonds. The van der Waals surface area contributed by atoms with Gasteiger partial charge in [-0.15, -0.1) is 0 Å². The smallest absolute Gasteiger partial charge is 0.416 e. The van der Waals surface area contributed by atoms with Crippen LogP contribution >= 0.6 is 0 Å². The van der Waals surface area contributed by atoms with Gasteiger partial charge in [-0.2, -0.15) is 13.2 Å². The molecule has 4 nitrogen and oxygen atoms in total. The van der Waals surface area contributed by atoms with Crippen LogP contribution in [0, 0.1) is 0 Å². The highest BCUT2D eigenvalue weighted by molar-refractivity contribution is 5.68. The number of carbonyl (C=O) groups excluding carboxylic acids is 1. The Kier molecular flexibility index (Phi) is 5.30. The lowest BCUT2D eigenvalue weighted by molar-refractivity contribution is -0.137. The fourth-order valence-electron chi connectivity index (χ4n) is 2.59. The molecule has 0 aliphatic heterocycles. The van der Waals surface area contributed by atoms with Crippen LogP contribution < -0.4 is 10.1 Å². The van der Waals surface area contributed by atoms with E-state index in [1.807, 2.05) is 0 Å². The zero-order valence-corrected chi connectivity index (χ0v) is 13.9. The predicted octanol–water partition coefficient (Wildman–Crippen LogP) is 4.53. The van der Waals surface area contributed by atoms with Crippen molar-refractivity contribution < 1.29 is 27.4 Å². The first kappa shape index (κ1) is 18.4. The first-order valence-corrected chi connectivity index (χ1v) is 7.86. The first-order valence-electron chi connectivity index (χ1n) is 7.86. The number of alkyl carbamates (subject to hydrolysis) is 1. The van der Waals surface area contributed by atoms with E-state index in [0.29, 0.717) is 19.3 Å². The molecule has 1 aliphatic carbocycles. The Morgan fingerprint density at radius 3 is 2.54 bits per heavy atom. The highest BCUT2D eigenvalue weighted by atomic mass is 19.4. The molecule has 1 aromatic rings. The quantitative estimate of drug-likeness (QED) is 0.875. The molecule has 0 aromatic heterocycles. The molecule has 0 unspecified atom stereocenters. The van der Waals surface area contributed by atoms with E-state index in [9.17, 15) is 18.0 Å². The van der Waals surface area contributed by atoms with E-state index < -0.39 is 23.4 Å². The molecule has 1 aromatic carbocycles. The van der Waals surface area contributed by atoms with Crippen LogP contribution in [0.15, 0.2) is 24.3 Å². The molecule has 0 saturated heterocycles. The minimum Gasteiger partial charge on any atom is -0.490 e. The SMILES string of the molecule is CC(C)(C)OC(=O)N[C@@H]1CC[C@@H](Oc2cccc(C(F)(F)F)c2)C1. The summed E-state index contributed by atoms with van der Waals surface area (Å²) in [7, 11) is 0. The summed E-state index contributed by atoms with van der Waals surface area (Å²) in [6.07, 6.45) is -3.22. The van der Waals surface area contributed by atoms with Crippen molar-refractivity contribution in [3.63, 3.8) is 0 Å². The number of hydrogen-bond acceptors (Lipinski definition) is 3. The van der Waals surface area contributed by atoms with Crippen LogP contribution in [0.4, 0.5) is 18.0 Å². The maximum Gasteiger partial charge on any atom is 0.416 e. The molecule has 7 heteroatoms. The zero-order chi connectivity index (χ0) is 18.0. The van der Waals surface area contributed by atoms with Crippen molar-refractivity contribution in [2.24, 2.45) is 0 Å². The normalized spacial score (nSPS) is 21.4. The van der Waals surface area contributed by atoms with Gasteiger partial charge in [-0.3, -0.25) is 0 Å². The fourth-order valence-corrected chi connectivity index (χ4v) is 2.59. The predicted molar refractivity (Wildman–Crippen MR) is 82.9 cm³/mol. The summed E-state index contributed by atoms with van der Waals surface area (Å²) in [5.41, 5.74) is -1.31. The number of carbonyl (C=O) groups is 1. The van der Waals surface area contributed by atoms with Gasteiger partial charge in [-0.05, 0) is 51.8 Å². The van der Waals surface area contributed by atoms with Crippen LogP contribution in [0.25, 0.3) is 0 Å². The van der Waals surface area contributed by atoms with E-state index in [1.54, 1.807) is 20.8 Å². The van der Waals surface area contributed by atoms with Crippen LogP contribution in [-0.2, 0) is 10.9 Å². The molecule has 1 aliphatic rings. The van der Waals surface area contributed by atoms with Crippen molar-refractivity contribution in [2.75, 3.05) is 0 Å². The minimum absolute atomic E-state index is 0.101. The van der Waals surface area contributed by atoms with Gasteiger partial charge in [-0.25, -0.2) is 4.79 Å². The third kappa shape index (κ3) is 5.62. The highest BCUT2D eigenvalue weighted by Crippen LogP contribution is 2.32. The van der Waals surface area contributed by atoms with E-state index >= 15 is 0 Å². The van der Waals surface area contributed by atoms with Gasteiger partial charge < -0.3 is 14.8 Å². The Bertz CT molecular complexity index is 581. The van der Waals surface area contributed by atoms with Gasteiger partial charge >= 0.3 is 12.3 Å². The first-order chi connectivity index (χ1) is 11.0. The Balaban J connectivity index is 1.87. The summed E-state index contributed by atoms with van der Waals surface area (Å²) in [5.74, 6) is 0.188. The van der Waals surface area contributed by atoms with Gasteiger partial charge in [-0.1, -0.05) is 6.07 Å². The van der Waals surface area contributed by atoms with Gasteiger partial charge in [0.15, 0.2) is 0 Å². The van der Waals surface area contributed by atoms with Crippen LogP contribution in [-0.4, -0.2) is 23.8 Å². The molecule has 0 heterocycles. The van der Waals surface area contributed by atoms with Crippen molar-refractivity contribution in [2.45, 2.75) is 64.0 Å². The molecular weight excluding hydrogens is 323 g/mol. The lowest BCUT2D eigenvalue weighted by atomic mass is 10.2. The fraction of sp³-hybridized carbons (Fsp3) is 0.588. The summed E-state index contributed by atoms with van der Waals surface area (Å²) in [5, 5.41) is 2.77. The summed E-state index contributed by atoms with van der Waals surface area (Å²) < 4.78 is 48.9. The van der Waals surface area contributed by atoms with Crippen molar-refractivity contribution >= 4 is 6.09 Å². The number of nitrogens with one attached hydrogen (secondary N) is 1. The summed E-state index contributed by atoms with van der Waals surface area (Å²) in [4.78, 5) is 11.7. The molecule has 1 saturated carbocycles. The van der Waals surface area contributed by atoms with E-state index in [2.05, 4.69) is 5.32 Å². The number of hydrogen-bond donors (Lipinski definition) is 1. The Morgan fingerprint density at radius 1 is 1.21 bits per heavy atom. The highest BCUT2D eigenvalue weighted by Gasteiger charge is 2.32. The van der Waals surface area contributed by atoms with Gasteiger partial charge in [0.05, 0.1) is 5.56 Å². The number of rotatable bonds is 3. The molecule has 1 fully saturated rings. The van der Waals surface area contributed by atoms with Gasteiger partial charge in [0, 0.05) is 12.5 Å². The minimum atomic E-state index is -4.39. The largest absolute Gasteiger partial charge is 0.490 e. The molecular formula is C17H22F3NO3. The Labute approximate surface area is 139 Å². The molecule has 2 atom stereocenters. The topological polar surface area (TPSA) is 47.6 Å². The number of halogens is 3. The standard InChI is InChI=1S/C17H22F3NO3/c1-16(2,3)24-15(22)21-12-7-8-14(10-12)23-13-6-4-5-11(9-13)17(18,19)20/h4-6,9,12,14H,7-8,10H2,1-3H3,(H,21,22)/t12-,14-/m1/s1. The molecule has 0 spiro atoms. The molecule has 134 valence electrons. The summed E-state index contributed by atoms with van der Waals surface area (Å²) in [6.45, 7) is 5.34. The van der Waals surface area contributed by atoms with Gasteiger partial charge in [0.1, 0.15) is 17.5 Å². The second-order valence-electron chi connectivity index (χ2n) is 6.92. The Hall–Kier alpha value is -1.92. The number of benzene rings is 1. The average Bonchev–Trinajstić information content (AvgIpc) is 2.83. The lowest BCUT2D eigenvalue weighted by Crippen LogP contribution is -2.38. The van der Waals surface area contributed by atoms with Gasteiger partial charge in [0.2, 0.25) is 0 Å². The average molecular weight is 345 g/mol. The summed E-state index contributed by atoms with van der Waals surface area (Å²) in [6, 6.07) is 4.73. The van der Waals surface area contributed by atoms with Crippen LogP contribution in [0.3, 0.4) is 0 Å². The van der Waals surface area contributed by atoms with Crippen LogP contribution in [0.5, 0.6) is 5.75 Å². The second-order valence-corrected chi connectivity index (χ2v) is 6.92. The van der Waals surface area contributed by atoms with Crippen molar-refractivity contribution in [1.29, 1.82) is 0 Å². The molecule has 0 radical (unpaired) electrons. The van der Waals surface area contributed by atoms with Crippen LogP contribution in [0.2, 0.25) is 0 Å². The second kappa shape index (κ2) is 6.91. The van der Waals surface area contributed by atoms with E-state index in [0.717, 1.165) is 12.1 Å². The zero-order valence-electron chi connectivity index (χ0n) is 13.9. The van der Waals surface area contributed by atoms with E-state index in [4.69, 9.17) is 9.47 Å². The van der Waals surface area contributed by atoms with Crippen molar-refractivity contribution in [3.8, 4) is 5.75 Å². The maximum absolute atomic E-state index is 12.7. The van der Waals surface area contributed by atoms with Crippen molar-refractivity contribution in [1.82, 2.24) is 5.32 Å². The molecule has 0 bridgehead atoms. The number of ether oxygens (including phenoxy) is 2. The van der Waals surface area contributed by atoms with Crippen LogP contribution in [0.1, 0.15) is 45.6 Å². The number of alkyl halides is 3. The van der Waals surface area contributed by atoms with Gasteiger partial charge in [0.25, 0.3) is 0 Å². The summed E-state index contributed by atoms with van der Waals surface area (Å²) >= 11 is 0. The van der Waals surface area contributed by atoms with E-state index in [1.165, 1.54) is 12.1 Å². The van der Waals surface area contributed by atoms with Crippen molar-refractivity contribution in [3.05, 3.63) is 29.8 Å².